The second-order valence-electron chi connectivity index (χ2n) is 5.02. The lowest BCUT2D eigenvalue weighted by Crippen LogP contribution is -2.18. The Morgan fingerprint density at radius 1 is 1.14 bits per heavy atom. The molecule has 1 aliphatic heterocycles. The SMILES string of the molecule is CC(NCc1ccc2c(c1)OCO2)c1ccc(C#N)cc1. The Labute approximate surface area is 123 Å². The molecule has 0 saturated carbocycles. The zero-order valence-corrected chi connectivity index (χ0v) is 11.8. The molecule has 21 heavy (non-hydrogen) atoms. The van der Waals surface area contributed by atoms with Crippen LogP contribution in [0.2, 0.25) is 0 Å². The number of hydrogen-bond donors (Lipinski definition) is 1. The third kappa shape index (κ3) is 2.99. The summed E-state index contributed by atoms with van der Waals surface area (Å²) in [5.41, 5.74) is 3.00. The van der Waals surface area contributed by atoms with Crippen molar-refractivity contribution in [3.05, 3.63) is 59.2 Å². The predicted molar refractivity (Wildman–Crippen MR) is 79.0 cm³/mol. The molecule has 2 aromatic carbocycles. The minimum absolute atomic E-state index is 0.211. The van der Waals surface area contributed by atoms with Crippen molar-refractivity contribution >= 4 is 0 Å². The molecular formula is C17H16N2O2. The highest BCUT2D eigenvalue weighted by Gasteiger charge is 2.13. The van der Waals surface area contributed by atoms with Crippen LogP contribution in [0.1, 0.15) is 29.7 Å². The molecule has 0 spiro atoms. The molecule has 0 fully saturated rings. The lowest BCUT2D eigenvalue weighted by molar-refractivity contribution is 0.174. The van der Waals surface area contributed by atoms with E-state index in [4.69, 9.17) is 14.7 Å². The quantitative estimate of drug-likeness (QED) is 0.934. The number of nitrogens with zero attached hydrogens (tertiary/aromatic N) is 1. The zero-order valence-electron chi connectivity index (χ0n) is 11.8. The fourth-order valence-electron chi connectivity index (χ4n) is 2.29. The Kier molecular flexibility index (Phi) is 3.76. The van der Waals surface area contributed by atoms with Crippen molar-refractivity contribution in [1.29, 1.82) is 5.26 Å². The summed E-state index contributed by atoms with van der Waals surface area (Å²) < 4.78 is 10.7. The van der Waals surface area contributed by atoms with Crippen molar-refractivity contribution in [1.82, 2.24) is 5.32 Å². The molecule has 2 aromatic rings. The van der Waals surface area contributed by atoms with Crippen LogP contribution in [0.25, 0.3) is 0 Å². The molecule has 1 atom stereocenters. The number of rotatable bonds is 4. The van der Waals surface area contributed by atoms with Gasteiger partial charge in [-0.25, -0.2) is 0 Å². The van der Waals surface area contributed by atoms with Gasteiger partial charge in [0.1, 0.15) is 0 Å². The lowest BCUT2D eigenvalue weighted by atomic mass is 10.1. The summed E-state index contributed by atoms with van der Waals surface area (Å²) in [6, 6.07) is 16.0. The van der Waals surface area contributed by atoms with Gasteiger partial charge in [0.2, 0.25) is 6.79 Å². The summed E-state index contributed by atoms with van der Waals surface area (Å²) >= 11 is 0. The lowest BCUT2D eigenvalue weighted by Gasteiger charge is -2.14. The second-order valence-corrected chi connectivity index (χ2v) is 5.02. The van der Waals surface area contributed by atoms with Crippen molar-refractivity contribution in [2.24, 2.45) is 0 Å². The van der Waals surface area contributed by atoms with E-state index in [0.29, 0.717) is 12.4 Å². The first-order chi connectivity index (χ1) is 10.3. The highest BCUT2D eigenvalue weighted by molar-refractivity contribution is 5.44. The molecule has 4 heteroatoms. The number of nitriles is 1. The molecule has 1 heterocycles. The fourth-order valence-corrected chi connectivity index (χ4v) is 2.29. The summed E-state index contributed by atoms with van der Waals surface area (Å²) in [5.74, 6) is 1.61. The Balaban J connectivity index is 1.62. The van der Waals surface area contributed by atoms with E-state index in [1.165, 1.54) is 0 Å². The summed E-state index contributed by atoms with van der Waals surface area (Å²) in [5, 5.41) is 12.3. The maximum absolute atomic E-state index is 8.81. The van der Waals surface area contributed by atoms with Crippen LogP contribution >= 0.6 is 0 Å². The molecule has 0 aliphatic carbocycles. The van der Waals surface area contributed by atoms with Gasteiger partial charge < -0.3 is 14.8 Å². The number of fused-ring (bicyclic) bond motifs is 1. The summed E-state index contributed by atoms with van der Waals surface area (Å²) in [7, 11) is 0. The van der Waals surface area contributed by atoms with Crippen LogP contribution in [0.15, 0.2) is 42.5 Å². The molecule has 4 nitrogen and oxygen atoms in total. The molecule has 0 saturated heterocycles. The van der Waals surface area contributed by atoms with Gasteiger partial charge >= 0.3 is 0 Å². The highest BCUT2D eigenvalue weighted by Crippen LogP contribution is 2.32. The average molecular weight is 280 g/mol. The molecule has 0 aromatic heterocycles. The normalized spacial score (nSPS) is 13.7. The van der Waals surface area contributed by atoms with Gasteiger partial charge in [-0.05, 0) is 42.3 Å². The topological polar surface area (TPSA) is 54.3 Å². The first-order valence-electron chi connectivity index (χ1n) is 6.88. The van der Waals surface area contributed by atoms with Gasteiger partial charge in [0.25, 0.3) is 0 Å². The average Bonchev–Trinajstić information content (AvgIpc) is 3.00. The van der Waals surface area contributed by atoms with Gasteiger partial charge in [0.05, 0.1) is 11.6 Å². The van der Waals surface area contributed by atoms with Gasteiger partial charge in [-0.3, -0.25) is 0 Å². The van der Waals surface area contributed by atoms with E-state index in [-0.39, 0.29) is 6.04 Å². The Bertz CT molecular complexity index is 674. The van der Waals surface area contributed by atoms with Gasteiger partial charge in [0, 0.05) is 12.6 Å². The van der Waals surface area contributed by atoms with Gasteiger partial charge in [0.15, 0.2) is 11.5 Å². The maximum atomic E-state index is 8.81. The summed E-state index contributed by atoms with van der Waals surface area (Å²) in [6.07, 6.45) is 0. The zero-order chi connectivity index (χ0) is 14.7. The number of hydrogen-bond acceptors (Lipinski definition) is 4. The minimum atomic E-state index is 0.211. The molecule has 0 amide bonds. The first-order valence-corrected chi connectivity index (χ1v) is 6.88. The van der Waals surface area contributed by atoms with Crippen molar-refractivity contribution in [2.45, 2.75) is 19.5 Å². The molecule has 1 aliphatic rings. The minimum Gasteiger partial charge on any atom is -0.454 e. The summed E-state index contributed by atoms with van der Waals surface area (Å²) in [4.78, 5) is 0. The molecule has 1 unspecified atom stereocenters. The Hall–Kier alpha value is -2.51. The molecule has 0 radical (unpaired) electrons. The number of benzene rings is 2. The Morgan fingerprint density at radius 3 is 2.67 bits per heavy atom. The summed E-state index contributed by atoms with van der Waals surface area (Å²) in [6.45, 7) is 3.15. The van der Waals surface area contributed by atoms with Crippen LogP contribution in [0, 0.1) is 11.3 Å². The van der Waals surface area contributed by atoms with Crippen LogP contribution in [0.4, 0.5) is 0 Å². The molecule has 0 bridgehead atoms. The van der Waals surface area contributed by atoms with E-state index < -0.39 is 0 Å². The molecule has 3 rings (SSSR count). The predicted octanol–water partition coefficient (Wildman–Crippen LogP) is 3.14. The van der Waals surface area contributed by atoms with E-state index in [0.717, 1.165) is 29.2 Å². The van der Waals surface area contributed by atoms with Crippen molar-refractivity contribution in [3.8, 4) is 17.6 Å². The number of nitrogens with one attached hydrogen (secondary N) is 1. The van der Waals surface area contributed by atoms with Gasteiger partial charge in [-0.2, -0.15) is 5.26 Å². The van der Waals surface area contributed by atoms with Crippen LogP contribution in [-0.4, -0.2) is 6.79 Å². The van der Waals surface area contributed by atoms with E-state index in [2.05, 4.69) is 18.3 Å². The monoisotopic (exact) mass is 280 g/mol. The third-order valence-electron chi connectivity index (χ3n) is 3.59. The van der Waals surface area contributed by atoms with E-state index in [1.54, 1.807) is 0 Å². The van der Waals surface area contributed by atoms with Crippen LogP contribution in [-0.2, 0) is 6.54 Å². The molecular weight excluding hydrogens is 264 g/mol. The van der Waals surface area contributed by atoms with Crippen LogP contribution < -0.4 is 14.8 Å². The van der Waals surface area contributed by atoms with Crippen molar-refractivity contribution in [3.63, 3.8) is 0 Å². The first kappa shape index (κ1) is 13.5. The second kappa shape index (κ2) is 5.86. The third-order valence-corrected chi connectivity index (χ3v) is 3.59. The standard InChI is InChI=1S/C17H16N2O2/c1-12(15-5-2-13(9-18)3-6-15)19-10-14-4-7-16-17(8-14)21-11-20-16/h2-8,12,19H,10-11H2,1H3. The van der Waals surface area contributed by atoms with E-state index >= 15 is 0 Å². The van der Waals surface area contributed by atoms with Gasteiger partial charge in [-0.1, -0.05) is 18.2 Å². The number of ether oxygens (including phenoxy) is 2. The van der Waals surface area contributed by atoms with Crippen molar-refractivity contribution in [2.75, 3.05) is 6.79 Å². The molecule has 106 valence electrons. The molecule has 1 N–H and O–H groups in total. The van der Waals surface area contributed by atoms with E-state index in [1.807, 2.05) is 42.5 Å². The van der Waals surface area contributed by atoms with Crippen LogP contribution in [0.3, 0.4) is 0 Å². The van der Waals surface area contributed by atoms with Crippen LogP contribution in [0.5, 0.6) is 11.5 Å². The van der Waals surface area contributed by atoms with Gasteiger partial charge in [-0.15, -0.1) is 0 Å². The fraction of sp³-hybridized carbons (Fsp3) is 0.235. The Morgan fingerprint density at radius 2 is 1.90 bits per heavy atom. The highest BCUT2D eigenvalue weighted by atomic mass is 16.7. The smallest absolute Gasteiger partial charge is 0.231 e. The van der Waals surface area contributed by atoms with E-state index in [9.17, 15) is 0 Å². The maximum Gasteiger partial charge on any atom is 0.231 e. The van der Waals surface area contributed by atoms with Crippen molar-refractivity contribution < 1.29 is 9.47 Å². The largest absolute Gasteiger partial charge is 0.454 e.